The van der Waals surface area contributed by atoms with E-state index in [9.17, 15) is 19.5 Å². The van der Waals surface area contributed by atoms with Crippen molar-refractivity contribution in [2.75, 3.05) is 17.2 Å². The first-order valence-corrected chi connectivity index (χ1v) is 8.75. The molecule has 2 amide bonds. The Kier molecular flexibility index (Phi) is 6.22. The summed E-state index contributed by atoms with van der Waals surface area (Å²) in [5.74, 6) is -2.07. The van der Waals surface area contributed by atoms with Crippen LogP contribution in [0.5, 0.6) is 5.75 Å². The third-order valence-corrected chi connectivity index (χ3v) is 3.94. The van der Waals surface area contributed by atoms with Crippen molar-refractivity contribution in [2.45, 2.75) is 0 Å². The summed E-state index contributed by atoms with van der Waals surface area (Å²) in [7, 11) is 0. The van der Waals surface area contributed by atoms with E-state index in [1.807, 2.05) is 6.07 Å². The first-order valence-electron chi connectivity index (χ1n) is 8.75. The monoisotopic (exact) mass is 390 g/mol. The van der Waals surface area contributed by atoms with Crippen LogP contribution in [0.4, 0.5) is 11.4 Å². The Labute approximate surface area is 166 Å². The van der Waals surface area contributed by atoms with Gasteiger partial charge in [-0.3, -0.25) is 9.59 Å². The van der Waals surface area contributed by atoms with Crippen LogP contribution in [0.15, 0.2) is 78.9 Å². The van der Waals surface area contributed by atoms with Crippen LogP contribution in [-0.4, -0.2) is 29.5 Å². The number of aromatic hydroxyl groups is 1. The Hall–Kier alpha value is -4.13. The fourth-order valence-electron chi connectivity index (χ4n) is 2.55. The second-order valence-corrected chi connectivity index (χ2v) is 6.01. The van der Waals surface area contributed by atoms with Crippen molar-refractivity contribution in [2.24, 2.45) is 0 Å². The van der Waals surface area contributed by atoms with Crippen LogP contribution in [0.3, 0.4) is 0 Å². The molecule has 0 saturated carbocycles. The third-order valence-electron chi connectivity index (χ3n) is 3.94. The molecule has 0 aliphatic carbocycles. The molecule has 0 aromatic heterocycles. The van der Waals surface area contributed by atoms with Gasteiger partial charge in [-0.1, -0.05) is 42.5 Å². The van der Waals surface area contributed by atoms with Crippen LogP contribution < -0.4 is 10.6 Å². The molecule has 0 aliphatic rings. The highest BCUT2D eigenvalue weighted by atomic mass is 16.5. The summed E-state index contributed by atoms with van der Waals surface area (Å²) in [5.41, 5.74) is 1.12. The highest BCUT2D eigenvalue weighted by Gasteiger charge is 2.16. The molecule has 3 N–H and O–H groups in total. The Balaban J connectivity index is 1.63. The molecule has 0 aliphatic heterocycles. The lowest BCUT2D eigenvalue weighted by molar-refractivity contribution is -0.119. The van der Waals surface area contributed by atoms with Gasteiger partial charge >= 0.3 is 5.97 Å². The van der Waals surface area contributed by atoms with Crippen molar-refractivity contribution in [1.82, 2.24) is 0 Å². The van der Waals surface area contributed by atoms with Crippen LogP contribution in [0.25, 0.3) is 0 Å². The number of hydrogen-bond acceptors (Lipinski definition) is 5. The zero-order valence-corrected chi connectivity index (χ0v) is 15.3. The number of esters is 1. The largest absolute Gasteiger partial charge is 0.507 e. The van der Waals surface area contributed by atoms with E-state index < -0.39 is 24.4 Å². The Morgan fingerprint density at radius 3 is 2.10 bits per heavy atom. The molecule has 0 bridgehead atoms. The SMILES string of the molecule is O=C(COC(=O)c1ccccc1O)Nc1ccccc1C(=O)Nc1ccccc1. The maximum absolute atomic E-state index is 12.5. The van der Waals surface area contributed by atoms with Crippen molar-refractivity contribution in [3.8, 4) is 5.75 Å². The van der Waals surface area contributed by atoms with E-state index in [2.05, 4.69) is 10.6 Å². The van der Waals surface area contributed by atoms with Crippen molar-refractivity contribution in [3.05, 3.63) is 90.0 Å². The van der Waals surface area contributed by atoms with Gasteiger partial charge in [0.2, 0.25) is 0 Å². The molecule has 0 radical (unpaired) electrons. The highest BCUT2D eigenvalue weighted by molar-refractivity contribution is 6.10. The van der Waals surface area contributed by atoms with Gasteiger partial charge in [-0.25, -0.2) is 4.79 Å². The summed E-state index contributed by atoms with van der Waals surface area (Å²) in [6.45, 7) is -0.568. The number of anilines is 2. The minimum Gasteiger partial charge on any atom is -0.507 e. The lowest BCUT2D eigenvalue weighted by Gasteiger charge is -2.12. The first-order chi connectivity index (χ1) is 14.0. The number of amides is 2. The Morgan fingerprint density at radius 2 is 1.38 bits per heavy atom. The molecular formula is C22H18N2O5. The Bertz CT molecular complexity index is 1030. The smallest absolute Gasteiger partial charge is 0.342 e. The van der Waals surface area contributed by atoms with E-state index in [-0.39, 0.29) is 22.6 Å². The van der Waals surface area contributed by atoms with Gasteiger partial charge < -0.3 is 20.5 Å². The summed E-state index contributed by atoms with van der Waals surface area (Å²) in [4.78, 5) is 36.7. The molecule has 0 saturated heterocycles. The quantitative estimate of drug-likeness (QED) is 0.559. The molecule has 29 heavy (non-hydrogen) atoms. The van der Waals surface area contributed by atoms with E-state index in [1.54, 1.807) is 60.7 Å². The number of phenolic OH excluding ortho intramolecular Hbond substituents is 1. The van der Waals surface area contributed by atoms with Gasteiger partial charge in [-0.05, 0) is 36.4 Å². The number of nitrogens with one attached hydrogen (secondary N) is 2. The minimum atomic E-state index is -0.826. The first kappa shape index (κ1) is 19.6. The summed E-state index contributed by atoms with van der Waals surface area (Å²) >= 11 is 0. The van der Waals surface area contributed by atoms with Crippen LogP contribution in [0.1, 0.15) is 20.7 Å². The average Bonchev–Trinajstić information content (AvgIpc) is 2.73. The van der Waals surface area contributed by atoms with Crippen molar-refractivity contribution in [3.63, 3.8) is 0 Å². The van der Waals surface area contributed by atoms with Crippen LogP contribution in [-0.2, 0) is 9.53 Å². The van der Waals surface area contributed by atoms with E-state index in [0.717, 1.165) is 0 Å². The zero-order chi connectivity index (χ0) is 20.6. The average molecular weight is 390 g/mol. The second kappa shape index (κ2) is 9.18. The van der Waals surface area contributed by atoms with Crippen molar-refractivity contribution in [1.29, 1.82) is 0 Å². The molecule has 0 spiro atoms. The number of hydrogen-bond donors (Lipinski definition) is 3. The number of ether oxygens (including phenoxy) is 1. The number of rotatable bonds is 6. The van der Waals surface area contributed by atoms with Gasteiger partial charge in [0.1, 0.15) is 11.3 Å². The van der Waals surface area contributed by atoms with Crippen molar-refractivity contribution < 1.29 is 24.2 Å². The molecule has 0 fully saturated rings. The number of carbonyl (C=O) groups is 3. The molecular weight excluding hydrogens is 372 g/mol. The normalized spacial score (nSPS) is 10.1. The van der Waals surface area contributed by atoms with Crippen LogP contribution in [0.2, 0.25) is 0 Å². The van der Waals surface area contributed by atoms with E-state index in [1.165, 1.54) is 12.1 Å². The zero-order valence-electron chi connectivity index (χ0n) is 15.3. The number of phenols is 1. The highest BCUT2D eigenvalue weighted by Crippen LogP contribution is 2.18. The molecule has 3 aromatic rings. The lowest BCUT2D eigenvalue weighted by Crippen LogP contribution is -2.23. The molecule has 0 unspecified atom stereocenters. The van der Waals surface area contributed by atoms with Crippen molar-refractivity contribution >= 4 is 29.2 Å². The third kappa shape index (κ3) is 5.20. The van der Waals surface area contributed by atoms with Gasteiger partial charge in [0.25, 0.3) is 11.8 Å². The summed E-state index contributed by atoms with van der Waals surface area (Å²) in [6.07, 6.45) is 0. The summed E-state index contributed by atoms with van der Waals surface area (Å²) in [6, 6.07) is 21.3. The number of benzene rings is 3. The van der Waals surface area contributed by atoms with Gasteiger partial charge in [-0.2, -0.15) is 0 Å². The van der Waals surface area contributed by atoms with Gasteiger partial charge in [0.15, 0.2) is 6.61 Å². The minimum absolute atomic E-state index is 0.0389. The van der Waals surface area contributed by atoms with E-state index in [4.69, 9.17) is 4.74 Å². The Morgan fingerprint density at radius 1 is 0.759 bits per heavy atom. The molecule has 146 valence electrons. The van der Waals surface area contributed by atoms with Crippen LogP contribution >= 0.6 is 0 Å². The van der Waals surface area contributed by atoms with E-state index in [0.29, 0.717) is 5.69 Å². The van der Waals surface area contributed by atoms with Gasteiger partial charge in [0.05, 0.1) is 11.3 Å². The maximum atomic E-state index is 12.5. The summed E-state index contributed by atoms with van der Waals surface area (Å²) < 4.78 is 4.93. The van der Waals surface area contributed by atoms with Crippen LogP contribution in [0, 0.1) is 0 Å². The fourth-order valence-corrected chi connectivity index (χ4v) is 2.55. The fraction of sp³-hybridized carbons (Fsp3) is 0.0455. The topological polar surface area (TPSA) is 105 Å². The van der Waals surface area contributed by atoms with E-state index >= 15 is 0 Å². The predicted octanol–water partition coefficient (Wildman–Crippen LogP) is 3.44. The lowest BCUT2D eigenvalue weighted by atomic mass is 10.1. The summed E-state index contributed by atoms with van der Waals surface area (Å²) in [5, 5.41) is 15.0. The standard InChI is InChI=1S/C22H18N2O5/c25-19-13-7-5-11-17(19)22(28)29-14-20(26)24-18-12-6-4-10-16(18)21(27)23-15-8-2-1-3-9-15/h1-13,25H,14H2,(H,23,27)(H,24,26). The molecule has 7 heteroatoms. The molecule has 7 nitrogen and oxygen atoms in total. The van der Waals surface area contributed by atoms with Gasteiger partial charge in [-0.15, -0.1) is 0 Å². The van der Waals surface area contributed by atoms with Gasteiger partial charge in [0, 0.05) is 5.69 Å². The number of para-hydroxylation sites is 3. The molecule has 0 heterocycles. The molecule has 3 aromatic carbocycles. The predicted molar refractivity (Wildman–Crippen MR) is 108 cm³/mol. The molecule has 0 atom stereocenters. The number of carbonyl (C=O) groups excluding carboxylic acids is 3. The second-order valence-electron chi connectivity index (χ2n) is 6.01. The maximum Gasteiger partial charge on any atom is 0.342 e. The molecule has 3 rings (SSSR count).